The van der Waals surface area contributed by atoms with Crippen LogP contribution in [0.2, 0.25) is 0 Å². The number of hydrogen-bond acceptors (Lipinski definition) is 3. The van der Waals surface area contributed by atoms with Crippen molar-refractivity contribution in [3.05, 3.63) is 35.4 Å². The maximum Gasteiger partial charge on any atom is 0.0953 e. The highest BCUT2D eigenvalue weighted by Gasteiger charge is 2.14. The first-order valence-corrected chi connectivity index (χ1v) is 6.61. The summed E-state index contributed by atoms with van der Waals surface area (Å²) in [6.07, 6.45) is 0.177. The third-order valence-electron chi connectivity index (χ3n) is 2.79. The summed E-state index contributed by atoms with van der Waals surface area (Å²) < 4.78 is 11.4. The van der Waals surface area contributed by atoms with Gasteiger partial charge in [0.05, 0.1) is 18.8 Å². The summed E-state index contributed by atoms with van der Waals surface area (Å²) in [5.74, 6) is 0. The molecule has 0 radical (unpaired) electrons. The van der Waals surface area contributed by atoms with Crippen molar-refractivity contribution in [1.82, 2.24) is 5.32 Å². The fraction of sp³-hybridized carbons (Fsp3) is 0.600. The van der Waals surface area contributed by atoms with E-state index in [1.165, 1.54) is 11.1 Å². The van der Waals surface area contributed by atoms with Crippen molar-refractivity contribution in [1.29, 1.82) is 0 Å². The van der Waals surface area contributed by atoms with Gasteiger partial charge in [-0.1, -0.05) is 29.8 Å². The Morgan fingerprint density at radius 3 is 2.44 bits per heavy atom. The molecule has 1 N–H and O–H groups in total. The van der Waals surface area contributed by atoms with Gasteiger partial charge in [-0.2, -0.15) is 0 Å². The van der Waals surface area contributed by atoms with Crippen LogP contribution in [-0.2, 0) is 9.47 Å². The van der Waals surface area contributed by atoms with E-state index in [0.29, 0.717) is 6.61 Å². The van der Waals surface area contributed by atoms with Crippen LogP contribution in [0.25, 0.3) is 0 Å². The average Bonchev–Trinajstić information content (AvgIpc) is 2.37. The average molecular weight is 251 g/mol. The molecule has 2 unspecified atom stereocenters. The Morgan fingerprint density at radius 1 is 1.22 bits per heavy atom. The summed E-state index contributed by atoms with van der Waals surface area (Å²) in [5.41, 5.74) is 2.47. The Morgan fingerprint density at radius 2 is 1.89 bits per heavy atom. The van der Waals surface area contributed by atoms with Gasteiger partial charge in [-0.25, -0.2) is 0 Å². The van der Waals surface area contributed by atoms with Crippen LogP contribution < -0.4 is 5.32 Å². The molecule has 0 saturated carbocycles. The molecule has 0 saturated heterocycles. The Bertz CT molecular complexity index is 324. The maximum atomic E-state index is 6.03. The van der Waals surface area contributed by atoms with Gasteiger partial charge in [0.15, 0.2) is 0 Å². The van der Waals surface area contributed by atoms with Crippen molar-refractivity contribution in [2.75, 3.05) is 26.8 Å². The van der Waals surface area contributed by atoms with E-state index in [-0.39, 0.29) is 12.2 Å². The van der Waals surface area contributed by atoms with E-state index in [1.807, 2.05) is 20.9 Å². The first-order chi connectivity index (χ1) is 8.67. The standard InChI is InChI=1S/C15H25NO2/c1-5-17-11-13(3)18-15(10-16-4)14-8-6-12(2)7-9-14/h6-9,13,15-16H,5,10-11H2,1-4H3. The molecule has 3 heteroatoms. The van der Waals surface area contributed by atoms with Crippen LogP contribution in [0.15, 0.2) is 24.3 Å². The highest BCUT2D eigenvalue weighted by Crippen LogP contribution is 2.19. The van der Waals surface area contributed by atoms with Crippen LogP contribution in [0, 0.1) is 6.92 Å². The van der Waals surface area contributed by atoms with Crippen LogP contribution >= 0.6 is 0 Å². The molecular formula is C15H25NO2. The molecule has 0 heterocycles. The summed E-state index contributed by atoms with van der Waals surface area (Å²) in [5, 5.41) is 3.18. The molecule has 0 bridgehead atoms. The van der Waals surface area contributed by atoms with Gasteiger partial charge >= 0.3 is 0 Å². The lowest BCUT2D eigenvalue weighted by molar-refractivity contribution is -0.0464. The molecule has 0 aliphatic carbocycles. The number of ether oxygens (including phenoxy) is 2. The summed E-state index contributed by atoms with van der Waals surface area (Å²) >= 11 is 0. The minimum absolute atomic E-state index is 0.0751. The van der Waals surface area contributed by atoms with Crippen LogP contribution in [-0.4, -0.2) is 32.9 Å². The SMILES string of the molecule is CCOCC(C)OC(CNC)c1ccc(C)cc1. The summed E-state index contributed by atoms with van der Waals surface area (Å²) in [6, 6.07) is 8.50. The predicted octanol–water partition coefficient (Wildman–Crippen LogP) is 2.70. The molecular weight excluding hydrogens is 226 g/mol. The Hall–Kier alpha value is -0.900. The second-order valence-electron chi connectivity index (χ2n) is 4.56. The quantitative estimate of drug-likeness (QED) is 0.770. The lowest BCUT2D eigenvalue weighted by Gasteiger charge is -2.23. The Kier molecular flexibility index (Phi) is 6.94. The van der Waals surface area contributed by atoms with E-state index in [2.05, 4.69) is 36.5 Å². The van der Waals surface area contributed by atoms with E-state index < -0.39 is 0 Å². The van der Waals surface area contributed by atoms with Crippen LogP contribution in [0.4, 0.5) is 0 Å². The second kappa shape index (κ2) is 8.25. The van der Waals surface area contributed by atoms with Crippen molar-refractivity contribution in [2.24, 2.45) is 0 Å². The van der Waals surface area contributed by atoms with Crippen molar-refractivity contribution in [3.63, 3.8) is 0 Å². The molecule has 1 rings (SSSR count). The Balaban J connectivity index is 2.61. The number of nitrogens with one attached hydrogen (secondary N) is 1. The molecule has 0 aromatic heterocycles. The van der Waals surface area contributed by atoms with Crippen molar-refractivity contribution >= 4 is 0 Å². The van der Waals surface area contributed by atoms with E-state index in [4.69, 9.17) is 9.47 Å². The molecule has 1 aromatic rings. The summed E-state index contributed by atoms with van der Waals surface area (Å²) in [7, 11) is 1.94. The first kappa shape index (κ1) is 15.2. The van der Waals surface area contributed by atoms with Crippen molar-refractivity contribution in [2.45, 2.75) is 33.0 Å². The normalized spacial score (nSPS) is 14.4. The molecule has 0 aliphatic rings. The summed E-state index contributed by atoms with van der Waals surface area (Å²) in [6.45, 7) is 8.32. The van der Waals surface area contributed by atoms with Gasteiger partial charge in [0, 0.05) is 13.2 Å². The van der Waals surface area contributed by atoms with Crippen LogP contribution in [0.5, 0.6) is 0 Å². The summed E-state index contributed by atoms with van der Waals surface area (Å²) in [4.78, 5) is 0. The lowest BCUT2D eigenvalue weighted by Crippen LogP contribution is -2.26. The topological polar surface area (TPSA) is 30.5 Å². The molecule has 0 amide bonds. The van der Waals surface area contributed by atoms with Gasteiger partial charge in [0.25, 0.3) is 0 Å². The number of benzene rings is 1. The zero-order chi connectivity index (χ0) is 13.4. The number of aryl methyl sites for hydroxylation is 1. The van der Waals surface area contributed by atoms with Gasteiger partial charge in [0.1, 0.15) is 0 Å². The predicted molar refractivity (Wildman–Crippen MR) is 74.9 cm³/mol. The molecule has 18 heavy (non-hydrogen) atoms. The third-order valence-corrected chi connectivity index (χ3v) is 2.79. The third kappa shape index (κ3) is 5.17. The van der Waals surface area contributed by atoms with E-state index in [0.717, 1.165) is 13.2 Å². The van der Waals surface area contributed by atoms with E-state index >= 15 is 0 Å². The number of hydrogen-bond donors (Lipinski definition) is 1. The zero-order valence-corrected chi connectivity index (χ0v) is 11.9. The van der Waals surface area contributed by atoms with Crippen molar-refractivity contribution in [3.8, 4) is 0 Å². The highest BCUT2D eigenvalue weighted by molar-refractivity contribution is 5.23. The monoisotopic (exact) mass is 251 g/mol. The first-order valence-electron chi connectivity index (χ1n) is 6.61. The van der Waals surface area contributed by atoms with E-state index in [1.54, 1.807) is 0 Å². The smallest absolute Gasteiger partial charge is 0.0953 e. The fourth-order valence-electron chi connectivity index (χ4n) is 1.81. The number of likely N-dealkylation sites (N-methyl/N-ethyl adjacent to an activating group) is 1. The van der Waals surface area contributed by atoms with Gasteiger partial charge < -0.3 is 14.8 Å². The molecule has 0 aliphatic heterocycles. The van der Waals surface area contributed by atoms with Crippen LogP contribution in [0.3, 0.4) is 0 Å². The number of rotatable bonds is 8. The van der Waals surface area contributed by atoms with Crippen molar-refractivity contribution < 1.29 is 9.47 Å². The largest absolute Gasteiger partial charge is 0.379 e. The molecule has 102 valence electrons. The second-order valence-corrected chi connectivity index (χ2v) is 4.56. The Labute approximate surface area is 110 Å². The molecule has 0 fully saturated rings. The lowest BCUT2D eigenvalue weighted by atomic mass is 10.1. The maximum absolute atomic E-state index is 6.03. The molecule has 2 atom stereocenters. The van der Waals surface area contributed by atoms with Gasteiger partial charge in [-0.15, -0.1) is 0 Å². The van der Waals surface area contributed by atoms with Gasteiger partial charge in [-0.3, -0.25) is 0 Å². The zero-order valence-electron chi connectivity index (χ0n) is 11.9. The minimum atomic E-state index is 0.0751. The molecule has 3 nitrogen and oxygen atoms in total. The fourth-order valence-corrected chi connectivity index (χ4v) is 1.81. The minimum Gasteiger partial charge on any atom is -0.379 e. The van der Waals surface area contributed by atoms with Crippen LogP contribution in [0.1, 0.15) is 31.1 Å². The molecule has 0 spiro atoms. The molecule has 1 aromatic carbocycles. The van der Waals surface area contributed by atoms with E-state index in [9.17, 15) is 0 Å². The van der Waals surface area contributed by atoms with Gasteiger partial charge in [-0.05, 0) is 33.4 Å². The van der Waals surface area contributed by atoms with Gasteiger partial charge in [0.2, 0.25) is 0 Å². The highest BCUT2D eigenvalue weighted by atomic mass is 16.5.